The first-order chi connectivity index (χ1) is 12.5. The number of carbonyl (C=O) groups is 1. The molecule has 1 aromatic carbocycles. The van der Waals surface area contributed by atoms with Crippen molar-refractivity contribution in [1.82, 2.24) is 10.1 Å². The predicted molar refractivity (Wildman–Crippen MR) is 103 cm³/mol. The number of thiophene rings is 1. The van der Waals surface area contributed by atoms with Gasteiger partial charge in [0.1, 0.15) is 0 Å². The minimum Gasteiger partial charge on any atom is -0.339 e. The van der Waals surface area contributed by atoms with Crippen LogP contribution in [0.15, 0.2) is 28.8 Å². The molecule has 134 valence electrons. The van der Waals surface area contributed by atoms with Crippen molar-refractivity contribution in [2.45, 2.75) is 46.0 Å². The number of hydrogen-bond donors (Lipinski definition) is 1. The molecule has 0 aliphatic heterocycles. The summed E-state index contributed by atoms with van der Waals surface area (Å²) >= 11 is 1.56. The number of carbonyl (C=O) groups excluding carboxylic acids is 1. The SMILES string of the molecule is Cc1ccc(C(=O)Nc2cc(-c3noc(C4CCC4)n3)sc2C)cc1C. The zero-order valence-corrected chi connectivity index (χ0v) is 15.9. The fourth-order valence-electron chi connectivity index (χ4n) is 2.95. The first kappa shape index (κ1) is 17.0. The number of nitrogens with one attached hydrogen (secondary N) is 1. The fourth-order valence-corrected chi connectivity index (χ4v) is 3.85. The molecule has 5 nitrogen and oxygen atoms in total. The van der Waals surface area contributed by atoms with Crippen LogP contribution in [0, 0.1) is 20.8 Å². The monoisotopic (exact) mass is 367 g/mol. The van der Waals surface area contributed by atoms with E-state index in [9.17, 15) is 4.79 Å². The summed E-state index contributed by atoms with van der Waals surface area (Å²) in [5.74, 6) is 1.65. The maximum atomic E-state index is 12.6. The van der Waals surface area contributed by atoms with Gasteiger partial charge in [-0.25, -0.2) is 0 Å². The third kappa shape index (κ3) is 3.17. The Bertz CT molecular complexity index is 969. The van der Waals surface area contributed by atoms with Crippen LogP contribution in [-0.2, 0) is 0 Å². The van der Waals surface area contributed by atoms with E-state index >= 15 is 0 Å². The van der Waals surface area contributed by atoms with Gasteiger partial charge in [0.05, 0.1) is 10.6 Å². The molecule has 1 fully saturated rings. The Morgan fingerprint density at radius 3 is 2.69 bits per heavy atom. The highest BCUT2D eigenvalue weighted by molar-refractivity contribution is 7.16. The lowest BCUT2D eigenvalue weighted by molar-refractivity contribution is 0.102. The molecule has 1 aliphatic carbocycles. The van der Waals surface area contributed by atoms with E-state index < -0.39 is 0 Å². The molecule has 0 atom stereocenters. The number of aryl methyl sites for hydroxylation is 3. The van der Waals surface area contributed by atoms with Crippen molar-refractivity contribution in [3.05, 3.63) is 51.7 Å². The molecule has 1 aliphatic rings. The van der Waals surface area contributed by atoms with Crippen LogP contribution >= 0.6 is 11.3 Å². The minimum atomic E-state index is -0.108. The van der Waals surface area contributed by atoms with E-state index in [1.54, 1.807) is 11.3 Å². The number of amides is 1. The third-order valence-corrected chi connectivity index (χ3v) is 6.10. The van der Waals surface area contributed by atoms with Crippen molar-refractivity contribution in [1.29, 1.82) is 0 Å². The average Bonchev–Trinajstić information content (AvgIpc) is 3.16. The molecule has 1 N–H and O–H groups in total. The fraction of sp³-hybridized carbons (Fsp3) is 0.350. The quantitative estimate of drug-likeness (QED) is 0.684. The molecular formula is C20H21N3O2S. The number of nitrogens with zero attached hydrogens (tertiary/aromatic N) is 2. The van der Waals surface area contributed by atoms with E-state index in [4.69, 9.17) is 4.52 Å². The Morgan fingerprint density at radius 2 is 2.00 bits per heavy atom. The van der Waals surface area contributed by atoms with Gasteiger partial charge >= 0.3 is 0 Å². The van der Waals surface area contributed by atoms with Crippen molar-refractivity contribution < 1.29 is 9.32 Å². The second-order valence-electron chi connectivity index (χ2n) is 6.92. The molecule has 26 heavy (non-hydrogen) atoms. The van der Waals surface area contributed by atoms with Gasteiger partial charge in [-0.3, -0.25) is 4.79 Å². The van der Waals surface area contributed by atoms with Gasteiger partial charge in [0.2, 0.25) is 11.7 Å². The van der Waals surface area contributed by atoms with Gasteiger partial charge in [-0.05, 0) is 62.9 Å². The summed E-state index contributed by atoms with van der Waals surface area (Å²) in [5, 5.41) is 7.11. The van der Waals surface area contributed by atoms with Gasteiger partial charge in [-0.1, -0.05) is 17.6 Å². The van der Waals surface area contributed by atoms with E-state index in [1.807, 2.05) is 45.0 Å². The molecule has 4 rings (SSSR count). The van der Waals surface area contributed by atoms with Crippen molar-refractivity contribution in [3.8, 4) is 10.7 Å². The van der Waals surface area contributed by atoms with Crippen LogP contribution in [-0.4, -0.2) is 16.0 Å². The van der Waals surface area contributed by atoms with Crippen molar-refractivity contribution >= 4 is 22.9 Å². The second kappa shape index (κ2) is 6.68. The number of aromatic nitrogens is 2. The zero-order valence-electron chi connectivity index (χ0n) is 15.1. The molecule has 6 heteroatoms. The predicted octanol–water partition coefficient (Wildman–Crippen LogP) is 5.24. The third-order valence-electron chi connectivity index (χ3n) is 5.05. The summed E-state index contributed by atoms with van der Waals surface area (Å²) in [6, 6.07) is 7.66. The number of rotatable bonds is 4. The molecule has 2 aromatic heterocycles. The summed E-state index contributed by atoms with van der Waals surface area (Å²) in [6.07, 6.45) is 3.49. The summed E-state index contributed by atoms with van der Waals surface area (Å²) in [6.45, 7) is 6.03. The van der Waals surface area contributed by atoms with Crippen LogP contribution in [0.2, 0.25) is 0 Å². The first-order valence-corrected chi connectivity index (χ1v) is 9.66. The number of hydrogen-bond acceptors (Lipinski definition) is 5. The van der Waals surface area contributed by atoms with Crippen LogP contribution in [0.1, 0.15) is 57.4 Å². The molecule has 0 spiro atoms. The molecule has 0 saturated heterocycles. The molecule has 1 saturated carbocycles. The molecule has 1 amide bonds. The van der Waals surface area contributed by atoms with Crippen molar-refractivity contribution in [2.75, 3.05) is 5.32 Å². The van der Waals surface area contributed by atoms with E-state index in [2.05, 4.69) is 15.5 Å². The van der Waals surface area contributed by atoms with Crippen LogP contribution in [0.25, 0.3) is 10.7 Å². The summed E-state index contributed by atoms with van der Waals surface area (Å²) in [7, 11) is 0. The van der Waals surface area contributed by atoms with E-state index in [1.165, 1.54) is 12.0 Å². The highest BCUT2D eigenvalue weighted by atomic mass is 32.1. The summed E-state index contributed by atoms with van der Waals surface area (Å²) in [4.78, 5) is 19.0. The summed E-state index contributed by atoms with van der Waals surface area (Å²) < 4.78 is 5.41. The van der Waals surface area contributed by atoms with Gasteiger partial charge in [-0.2, -0.15) is 4.98 Å². The van der Waals surface area contributed by atoms with Gasteiger partial charge in [0.15, 0.2) is 0 Å². The maximum Gasteiger partial charge on any atom is 0.255 e. The van der Waals surface area contributed by atoms with Crippen molar-refractivity contribution in [3.63, 3.8) is 0 Å². The van der Waals surface area contributed by atoms with Gasteiger partial charge in [0, 0.05) is 16.4 Å². The largest absolute Gasteiger partial charge is 0.339 e. The van der Waals surface area contributed by atoms with E-state index in [-0.39, 0.29) is 5.91 Å². The van der Waals surface area contributed by atoms with Gasteiger partial charge in [0.25, 0.3) is 5.91 Å². The Labute approximate surface area is 156 Å². The van der Waals surface area contributed by atoms with Crippen molar-refractivity contribution in [2.24, 2.45) is 0 Å². The molecule has 0 unspecified atom stereocenters. The average molecular weight is 367 g/mol. The second-order valence-corrected chi connectivity index (χ2v) is 8.17. The smallest absolute Gasteiger partial charge is 0.255 e. The lowest BCUT2D eigenvalue weighted by Gasteiger charge is -2.20. The summed E-state index contributed by atoms with van der Waals surface area (Å²) in [5.41, 5.74) is 3.74. The van der Waals surface area contributed by atoms with Crippen LogP contribution in [0.5, 0.6) is 0 Å². The number of benzene rings is 1. The van der Waals surface area contributed by atoms with Crippen LogP contribution < -0.4 is 5.32 Å². The van der Waals surface area contributed by atoms with Gasteiger partial charge < -0.3 is 9.84 Å². The molecule has 3 aromatic rings. The van der Waals surface area contributed by atoms with Crippen LogP contribution in [0.4, 0.5) is 5.69 Å². The lowest BCUT2D eigenvalue weighted by atomic mass is 9.85. The van der Waals surface area contributed by atoms with E-state index in [0.717, 1.165) is 39.7 Å². The number of anilines is 1. The maximum absolute atomic E-state index is 12.6. The molecule has 2 heterocycles. The van der Waals surface area contributed by atoms with Crippen LogP contribution in [0.3, 0.4) is 0 Å². The molecule has 0 bridgehead atoms. The minimum absolute atomic E-state index is 0.108. The van der Waals surface area contributed by atoms with Gasteiger partial charge in [-0.15, -0.1) is 11.3 Å². The highest BCUT2D eigenvalue weighted by Gasteiger charge is 2.26. The first-order valence-electron chi connectivity index (χ1n) is 8.84. The Morgan fingerprint density at radius 1 is 1.19 bits per heavy atom. The van der Waals surface area contributed by atoms with E-state index in [0.29, 0.717) is 17.3 Å². The standard InChI is InChI=1S/C20H21N3O2S/c1-11-7-8-15(9-12(11)2)19(24)21-16-10-17(26-13(16)3)18-22-20(25-23-18)14-5-4-6-14/h7-10,14H,4-6H2,1-3H3,(H,21,24). The Balaban J connectivity index is 1.53. The highest BCUT2D eigenvalue weighted by Crippen LogP contribution is 2.38. The lowest BCUT2D eigenvalue weighted by Crippen LogP contribution is -2.12. The Kier molecular flexibility index (Phi) is 4.36. The molecular weight excluding hydrogens is 346 g/mol. The zero-order chi connectivity index (χ0) is 18.3. The normalized spacial score (nSPS) is 14.3. The Hall–Kier alpha value is -2.47. The molecule has 0 radical (unpaired) electrons. The topological polar surface area (TPSA) is 68.0 Å².